The molecule has 0 heterocycles. The summed E-state index contributed by atoms with van der Waals surface area (Å²) in [4.78, 5) is 43.2. The van der Waals surface area contributed by atoms with Crippen molar-refractivity contribution in [3.05, 3.63) is 0 Å². The van der Waals surface area contributed by atoms with Gasteiger partial charge in [0, 0.05) is 25.4 Å². The van der Waals surface area contributed by atoms with E-state index in [0.29, 0.717) is 0 Å². The zero-order valence-corrected chi connectivity index (χ0v) is 12.5. The molecule has 10 heteroatoms. The Morgan fingerprint density at radius 3 is 1.35 bits per heavy atom. The van der Waals surface area contributed by atoms with Crippen molar-refractivity contribution in [1.82, 2.24) is 10.6 Å². The van der Waals surface area contributed by atoms with Crippen LogP contribution in [-0.2, 0) is 19.2 Å². The second kappa shape index (κ2) is 9.48. The van der Waals surface area contributed by atoms with Gasteiger partial charge in [-0.2, -0.15) is 0 Å². The molecule has 0 aliphatic rings. The smallest absolute Gasteiger partial charge is 0.327 e. The molecule has 0 saturated carbocycles. The summed E-state index contributed by atoms with van der Waals surface area (Å²) >= 11 is 0. The van der Waals surface area contributed by atoms with Gasteiger partial charge in [0.05, 0.1) is 0 Å². The van der Waals surface area contributed by atoms with Gasteiger partial charge in [-0.15, -0.1) is 0 Å². The molecule has 0 aliphatic carbocycles. The van der Waals surface area contributed by atoms with Crippen molar-refractivity contribution < 1.29 is 29.4 Å². The number of carboxylic acids is 2. The minimum absolute atomic E-state index is 0.0893. The molecule has 0 fully saturated rings. The van der Waals surface area contributed by atoms with Crippen LogP contribution in [0, 0.1) is 0 Å². The summed E-state index contributed by atoms with van der Waals surface area (Å²) < 4.78 is 0. The zero-order chi connectivity index (χ0) is 15.7. The van der Waals surface area contributed by atoms with Crippen LogP contribution in [0.1, 0.15) is 13.8 Å². The van der Waals surface area contributed by atoms with E-state index in [0.717, 1.165) is 21.6 Å². The predicted molar refractivity (Wildman–Crippen MR) is 75.4 cm³/mol. The van der Waals surface area contributed by atoms with Crippen LogP contribution in [0.2, 0.25) is 0 Å². The predicted octanol–water partition coefficient (Wildman–Crippen LogP) is -0.454. The van der Waals surface area contributed by atoms with Crippen molar-refractivity contribution in [2.45, 2.75) is 25.9 Å². The Bertz CT molecular complexity index is 354. The summed E-state index contributed by atoms with van der Waals surface area (Å²) in [5.41, 5.74) is 0. The normalized spacial score (nSPS) is 13.1. The van der Waals surface area contributed by atoms with Crippen LogP contribution in [0.5, 0.6) is 0 Å². The van der Waals surface area contributed by atoms with Crippen molar-refractivity contribution >= 4 is 45.3 Å². The van der Waals surface area contributed by atoms with Crippen LogP contribution >= 0.6 is 21.6 Å². The molecule has 0 radical (unpaired) electrons. The van der Waals surface area contributed by atoms with Gasteiger partial charge in [0.2, 0.25) is 11.8 Å². The average molecular weight is 324 g/mol. The largest absolute Gasteiger partial charge is 0.480 e. The lowest BCUT2D eigenvalue weighted by molar-refractivity contribution is -0.141. The Hall–Kier alpha value is -1.42. The Morgan fingerprint density at radius 1 is 0.850 bits per heavy atom. The second-order valence-corrected chi connectivity index (χ2v) is 6.30. The van der Waals surface area contributed by atoms with Crippen molar-refractivity contribution in [3.8, 4) is 0 Å². The number of amides is 2. The SMILES string of the molecule is CC(=O)N[C@@H](CSSC[C@@H](NC(C)=O)C(=O)O)C(=O)O. The van der Waals surface area contributed by atoms with E-state index in [1.54, 1.807) is 0 Å². The standard InChI is InChI=1S/C10H16N2O6S2/c1-5(13)11-7(9(15)16)3-19-20-4-8(10(17)18)12-6(2)14/h7-8H,3-4H2,1-2H3,(H,11,13)(H,12,14)(H,15,16)(H,17,18)/t7-,8+. The number of rotatable bonds is 9. The molecule has 20 heavy (non-hydrogen) atoms. The molecule has 0 saturated heterocycles. The van der Waals surface area contributed by atoms with Crippen molar-refractivity contribution in [1.29, 1.82) is 0 Å². The number of hydrogen-bond donors (Lipinski definition) is 4. The molecule has 0 aromatic carbocycles. The van der Waals surface area contributed by atoms with Crippen LogP contribution in [-0.4, -0.2) is 57.6 Å². The Balaban J connectivity index is 4.13. The number of hydrogen-bond acceptors (Lipinski definition) is 6. The molecule has 0 unspecified atom stereocenters. The van der Waals surface area contributed by atoms with Crippen LogP contribution < -0.4 is 10.6 Å². The molecule has 114 valence electrons. The Kier molecular flexibility index (Phi) is 8.81. The molecule has 0 aromatic heterocycles. The van der Waals surface area contributed by atoms with E-state index in [2.05, 4.69) is 10.6 Å². The summed E-state index contributed by atoms with van der Waals surface area (Å²) in [6.07, 6.45) is 0. The molecule has 0 spiro atoms. The first-order valence-electron chi connectivity index (χ1n) is 5.48. The maximum absolute atomic E-state index is 10.8. The highest BCUT2D eigenvalue weighted by Gasteiger charge is 2.21. The lowest BCUT2D eigenvalue weighted by atomic mass is 10.3. The number of carbonyl (C=O) groups is 4. The van der Waals surface area contributed by atoms with Gasteiger partial charge < -0.3 is 20.8 Å². The fourth-order valence-corrected chi connectivity index (χ4v) is 3.38. The van der Waals surface area contributed by atoms with Gasteiger partial charge in [-0.25, -0.2) is 9.59 Å². The maximum atomic E-state index is 10.8. The summed E-state index contributed by atoms with van der Waals surface area (Å²) in [6.45, 7) is 2.43. The third-order valence-corrected chi connectivity index (χ3v) is 4.33. The first-order valence-corrected chi connectivity index (χ1v) is 7.97. The molecular formula is C10H16N2O6S2. The first kappa shape index (κ1) is 18.6. The molecule has 2 atom stereocenters. The maximum Gasteiger partial charge on any atom is 0.327 e. The Morgan fingerprint density at radius 2 is 1.15 bits per heavy atom. The third-order valence-electron chi connectivity index (χ3n) is 1.90. The van der Waals surface area contributed by atoms with E-state index < -0.39 is 35.8 Å². The minimum atomic E-state index is -1.16. The van der Waals surface area contributed by atoms with Gasteiger partial charge >= 0.3 is 11.9 Å². The van der Waals surface area contributed by atoms with Crippen LogP contribution in [0.15, 0.2) is 0 Å². The first-order chi connectivity index (χ1) is 9.23. The molecule has 0 aromatic rings. The van der Waals surface area contributed by atoms with Gasteiger partial charge in [-0.1, -0.05) is 21.6 Å². The fourth-order valence-electron chi connectivity index (χ4n) is 1.07. The molecule has 0 aliphatic heterocycles. The molecule has 2 amide bonds. The average Bonchev–Trinajstić information content (AvgIpc) is 2.29. The summed E-state index contributed by atoms with van der Waals surface area (Å²) in [7, 11) is 2.22. The molecule has 0 rings (SSSR count). The van der Waals surface area contributed by atoms with E-state index in [4.69, 9.17) is 10.2 Å². The zero-order valence-electron chi connectivity index (χ0n) is 10.9. The van der Waals surface area contributed by atoms with Gasteiger partial charge in [-0.05, 0) is 0 Å². The minimum Gasteiger partial charge on any atom is -0.480 e. The van der Waals surface area contributed by atoms with E-state index in [-0.39, 0.29) is 11.5 Å². The van der Waals surface area contributed by atoms with E-state index in [1.165, 1.54) is 13.8 Å². The summed E-state index contributed by atoms with van der Waals surface area (Å²) in [5.74, 6) is -3.05. The monoisotopic (exact) mass is 324 g/mol. The lowest BCUT2D eigenvalue weighted by Crippen LogP contribution is -2.42. The molecule has 0 bridgehead atoms. The number of aliphatic carboxylic acids is 2. The summed E-state index contributed by atoms with van der Waals surface area (Å²) in [5, 5.41) is 22.2. The van der Waals surface area contributed by atoms with Crippen LogP contribution in [0.3, 0.4) is 0 Å². The highest BCUT2D eigenvalue weighted by molar-refractivity contribution is 8.76. The van der Waals surface area contributed by atoms with Crippen molar-refractivity contribution in [3.63, 3.8) is 0 Å². The Labute approximate surface area is 123 Å². The second-order valence-electron chi connectivity index (χ2n) is 3.75. The highest BCUT2D eigenvalue weighted by atomic mass is 33.1. The molecule has 4 N–H and O–H groups in total. The number of nitrogens with one attached hydrogen (secondary N) is 2. The van der Waals surface area contributed by atoms with Gasteiger partial charge in [-0.3, -0.25) is 9.59 Å². The van der Waals surface area contributed by atoms with E-state index >= 15 is 0 Å². The quantitative estimate of drug-likeness (QED) is 0.331. The molecule has 8 nitrogen and oxygen atoms in total. The van der Waals surface area contributed by atoms with Crippen molar-refractivity contribution in [2.24, 2.45) is 0 Å². The van der Waals surface area contributed by atoms with Crippen molar-refractivity contribution in [2.75, 3.05) is 11.5 Å². The topological polar surface area (TPSA) is 133 Å². The fraction of sp³-hybridized carbons (Fsp3) is 0.600. The summed E-state index contributed by atoms with van der Waals surface area (Å²) in [6, 6.07) is -2.07. The van der Waals surface area contributed by atoms with Gasteiger partial charge in [0.1, 0.15) is 12.1 Å². The lowest BCUT2D eigenvalue weighted by Gasteiger charge is -2.14. The van der Waals surface area contributed by atoms with Crippen LogP contribution in [0.25, 0.3) is 0 Å². The molecular weight excluding hydrogens is 308 g/mol. The number of carboxylic acid groups (broad SMARTS) is 2. The van der Waals surface area contributed by atoms with Gasteiger partial charge in [0.25, 0.3) is 0 Å². The number of carbonyl (C=O) groups excluding carboxylic acids is 2. The third kappa shape index (κ3) is 8.64. The van der Waals surface area contributed by atoms with E-state index in [9.17, 15) is 19.2 Å². The van der Waals surface area contributed by atoms with Gasteiger partial charge in [0.15, 0.2) is 0 Å². The van der Waals surface area contributed by atoms with Crippen LogP contribution in [0.4, 0.5) is 0 Å². The van der Waals surface area contributed by atoms with E-state index in [1.807, 2.05) is 0 Å². The highest BCUT2D eigenvalue weighted by Crippen LogP contribution is 2.23.